The van der Waals surface area contributed by atoms with Crippen molar-refractivity contribution in [3.05, 3.63) is 70.9 Å². The highest BCUT2D eigenvalue weighted by Crippen LogP contribution is 2.38. The Morgan fingerprint density at radius 1 is 1.11 bits per heavy atom. The Labute approximate surface area is 159 Å². The van der Waals surface area contributed by atoms with Crippen molar-refractivity contribution in [2.24, 2.45) is 5.73 Å². The maximum Gasteiger partial charge on any atom is 0.252 e. The molecule has 0 saturated carbocycles. The van der Waals surface area contributed by atoms with Crippen molar-refractivity contribution in [2.75, 3.05) is 10.2 Å². The summed E-state index contributed by atoms with van der Waals surface area (Å²) in [5.41, 5.74) is 11.5. The van der Waals surface area contributed by atoms with Crippen LogP contribution in [0.5, 0.6) is 0 Å². The minimum atomic E-state index is 0.263. The van der Waals surface area contributed by atoms with Gasteiger partial charge in [-0.3, -0.25) is 0 Å². The van der Waals surface area contributed by atoms with Gasteiger partial charge in [0.15, 0.2) is 5.82 Å². The van der Waals surface area contributed by atoms with E-state index in [1.165, 1.54) is 16.7 Å². The molecule has 1 aliphatic heterocycles. The van der Waals surface area contributed by atoms with Crippen molar-refractivity contribution in [2.45, 2.75) is 39.4 Å². The van der Waals surface area contributed by atoms with E-state index < -0.39 is 0 Å². The Kier molecular flexibility index (Phi) is 4.73. The lowest BCUT2D eigenvalue weighted by atomic mass is 10.0. The molecule has 2 aromatic carbocycles. The van der Waals surface area contributed by atoms with E-state index in [1.54, 1.807) is 0 Å². The quantitative estimate of drug-likeness (QED) is 0.726. The zero-order chi connectivity index (χ0) is 18.8. The predicted molar refractivity (Wildman–Crippen MR) is 108 cm³/mol. The highest BCUT2D eigenvalue weighted by molar-refractivity contribution is 5.69. The van der Waals surface area contributed by atoms with Crippen LogP contribution in [0.2, 0.25) is 0 Å². The third-order valence-corrected chi connectivity index (χ3v) is 5.03. The van der Waals surface area contributed by atoms with Crippen LogP contribution in [0, 0.1) is 6.92 Å². The molecular weight excluding hydrogens is 336 g/mol. The number of aromatic nitrogens is 3. The molecule has 1 unspecified atom stereocenters. The first-order chi connectivity index (χ1) is 13.2. The molecule has 3 N–H and O–H groups in total. The number of rotatable bonds is 5. The monoisotopic (exact) mass is 360 g/mol. The van der Waals surface area contributed by atoms with Gasteiger partial charge in [0.25, 0.3) is 5.95 Å². The van der Waals surface area contributed by atoms with E-state index in [0.717, 1.165) is 23.6 Å². The third-order valence-electron chi connectivity index (χ3n) is 5.03. The van der Waals surface area contributed by atoms with Gasteiger partial charge in [0.2, 0.25) is 0 Å². The van der Waals surface area contributed by atoms with Gasteiger partial charge < -0.3 is 16.0 Å². The predicted octanol–water partition coefficient (Wildman–Crippen LogP) is 3.33. The largest absolute Gasteiger partial charge is 0.364 e. The van der Waals surface area contributed by atoms with Crippen LogP contribution < -0.4 is 16.0 Å². The first-order valence-corrected chi connectivity index (χ1v) is 9.26. The molecule has 6 heteroatoms. The summed E-state index contributed by atoms with van der Waals surface area (Å²) < 4.78 is 0. The van der Waals surface area contributed by atoms with Gasteiger partial charge in [0, 0.05) is 24.8 Å². The van der Waals surface area contributed by atoms with Crippen LogP contribution in [0.15, 0.2) is 48.5 Å². The van der Waals surface area contributed by atoms with E-state index >= 15 is 0 Å². The molecule has 1 atom stereocenters. The van der Waals surface area contributed by atoms with Gasteiger partial charge in [-0.1, -0.05) is 42.5 Å². The van der Waals surface area contributed by atoms with E-state index in [1.807, 2.05) is 31.2 Å². The topological polar surface area (TPSA) is 80.0 Å². The Morgan fingerprint density at radius 3 is 2.70 bits per heavy atom. The van der Waals surface area contributed by atoms with Crippen LogP contribution in [-0.2, 0) is 19.5 Å². The number of hydrogen-bond donors (Lipinski definition) is 2. The minimum absolute atomic E-state index is 0.263. The molecule has 3 aromatic rings. The molecule has 1 aliphatic rings. The molecule has 4 rings (SSSR count). The Hall–Kier alpha value is -2.99. The fourth-order valence-electron chi connectivity index (χ4n) is 3.62. The molecule has 0 fully saturated rings. The highest BCUT2D eigenvalue weighted by Gasteiger charge is 2.31. The highest BCUT2D eigenvalue weighted by atomic mass is 15.4. The van der Waals surface area contributed by atoms with Crippen molar-refractivity contribution < 1.29 is 0 Å². The molecule has 0 spiro atoms. The molecule has 6 nitrogen and oxygen atoms in total. The summed E-state index contributed by atoms with van der Waals surface area (Å²) in [5, 5.41) is 12.1. The summed E-state index contributed by atoms with van der Waals surface area (Å²) in [6.45, 7) is 5.34. The number of hydrogen-bond acceptors (Lipinski definition) is 6. The second-order valence-electron chi connectivity index (χ2n) is 6.93. The first-order valence-electron chi connectivity index (χ1n) is 9.26. The third kappa shape index (κ3) is 3.36. The van der Waals surface area contributed by atoms with E-state index in [0.29, 0.717) is 19.0 Å². The Balaban J connectivity index is 1.64. The van der Waals surface area contributed by atoms with Crippen LogP contribution >= 0.6 is 0 Å². The first kappa shape index (κ1) is 17.4. The number of aryl methyl sites for hydroxylation is 1. The van der Waals surface area contributed by atoms with Crippen molar-refractivity contribution in [3.8, 4) is 0 Å². The fraction of sp³-hybridized carbons (Fsp3) is 0.286. The smallest absolute Gasteiger partial charge is 0.252 e. The second kappa shape index (κ2) is 7.32. The van der Waals surface area contributed by atoms with Crippen LogP contribution in [0.3, 0.4) is 0 Å². The molecule has 0 saturated heterocycles. The van der Waals surface area contributed by atoms with Gasteiger partial charge in [-0.15, -0.1) is 10.2 Å². The summed E-state index contributed by atoms with van der Waals surface area (Å²) >= 11 is 0. The average molecular weight is 360 g/mol. The van der Waals surface area contributed by atoms with E-state index in [2.05, 4.69) is 51.6 Å². The molecule has 0 amide bonds. The summed E-state index contributed by atoms with van der Waals surface area (Å²) in [4.78, 5) is 6.95. The lowest BCUT2D eigenvalue weighted by Crippen LogP contribution is -2.26. The van der Waals surface area contributed by atoms with Gasteiger partial charge in [-0.05, 0) is 43.0 Å². The molecule has 27 heavy (non-hydrogen) atoms. The Bertz CT molecular complexity index is 941. The van der Waals surface area contributed by atoms with E-state index in [4.69, 9.17) is 10.7 Å². The van der Waals surface area contributed by atoms with Crippen molar-refractivity contribution >= 4 is 17.5 Å². The summed E-state index contributed by atoms with van der Waals surface area (Å²) in [6.07, 6.45) is 0.937. The zero-order valence-electron chi connectivity index (χ0n) is 15.7. The molecular formula is C21H24N6. The van der Waals surface area contributed by atoms with Crippen LogP contribution in [-0.4, -0.2) is 21.2 Å². The van der Waals surface area contributed by atoms with Crippen LogP contribution in [0.1, 0.15) is 29.3 Å². The van der Waals surface area contributed by atoms with Gasteiger partial charge in [0.1, 0.15) is 5.69 Å². The van der Waals surface area contributed by atoms with Crippen LogP contribution in [0.25, 0.3) is 0 Å². The Morgan fingerprint density at radius 2 is 1.93 bits per heavy atom. The molecule has 0 aliphatic carbocycles. The molecule has 138 valence electrons. The van der Waals surface area contributed by atoms with Gasteiger partial charge in [-0.2, -0.15) is 4.98 Å². The van der Waals surface area contributed by atoms with Crippen molar-refractivity contribution in [1.29, 1.82) is 0 Å². The number of benzene rings is 2. The number of nitrogens with one attached hydrogen (secondary N) is 1. The SMILES string of the molecule is Cc1nnc(N2c3cccc(CN)c3CC2C)nc1NCc1ccccc1. The number of nitrogens with two attached hydrogens (primary N) is 1. The molecule has 1 aromatic heterocycles. The lowest BCUT2D eigenvalue weighted by molar-refractivity contribution is 0.725. The molecule has 0 radical (unpaired) electrons. The molecule has 2 heterocycles. The van der Waals surface area contributed by atoms with Gasteiger partial charge in [-0.25, -0.2) is 0 Å². The van der Waals surface area contributed by atoms with Crippen molar-refractivity contribution in [3.63, 3.8) is 0 Å². The van der Waals surface area contributed by atoms with E-state index in [-0.39, 0.29) is 6.04 Å². The van der Waals surface area contributed by atoms with Gasteiger partial charge in [0.05, 0.1) is 0 Å². The van der Waals surface area contributed by atoms with Gasteiger partial charge >= 0.3 is 0 Å². The summed E-state index contributed by atoms with van der Waals surface area (Å²) in [5.74, 6) is 1.39. The normalized spacial score (nSPS) is 15.7. The lowest BCUT2D eigenvalue weighted by Gasteiger charge is -2.23. The second-order valence-corrected chi connectivity index (χ2v) is 6.93. The maximum atomic E-state index is 5.92. The molecule has 0 bridgehead atoms. The maximum absolute atomic E-state index is 5.92. The number of fused-ring (bicyclic) bond motifs is 1. The minimum Gasteiger partial charge on any atom is -0.364 e. The average Bonchev–Trinajstić information content (AvgIpc) is 3.04. The zero-order valence-corrected chi connectivity index (χ0v) is 15.7. The van der Waals surface area contributed by atoms with Crippen LogP contribution in [0.4, 0.5) is 17.5 Å². The standard InChI is InChI=1S/C21H24N6/c1-14-11-18-17(12-22)9-6-10-19(18)27(14)21-24-20(15(2)25-26-21)23-13-16-7-4-3-5-8-16/h3-10,14H,11-13,22H2,1-2H3,(H,23,24,26). The fourth-order valence-corrected chi connectivity index (χ4v) is 3.62. The summed E-state index contributed by atoms with van der Waals surface area (Å²) in [7, 11) is 0. The van der Waals surface area contributed by atoms with E-state index in [9.17, 15) is 0 Å². The summed E-state index contributed by atoms with van der Waals surface area (Å²) in [6, 6.07) is 16.8. The number of nitrogens with zero attached hydrogens (tertiary/aromatic N) is 4. The number of anilines is 3. The van der Waals surface area contributed by atoms with Crippen molar-refractivity contribution in [1.82, 2.24) is 15.2 Å².